The predicted octanol–water partition coefficient (Wildman–Crippen LogP) is 3.27. The fraction of sp³-hybridized carbons (Fsp3) is 0.143. The molecule has 2 aromatic heterocycles. The molecule has 19 heavy (non-hydrogen) atoms. The highest BCUT2D eigenvalue weighted by Gasteiger charge is 2.18. The third kappa shape index (κ3) is 2.20. The molecular weight excluding hydrogens is 264 g/mol. The van der Waals surface area contributed by atoms with Crippen LogP contribution in [0.3, 0.4) is 0 Å². The van der Waals surface area contributed by atoms with Gasteiger partial charge in [0.05, 0.1) is 5.02 Å². The third-order valence-electron chi connectivity index (χ3n) is 2.83. The summed E-state index contributed by atoms with van der Waals surface area (Å²) in [6, 6.07) is 7.19. The fourth-order valence-corrected chi connectivity index (χ4v) is 2.07. The van der Waals surface area contributed by atoms with Crippen LogP contribution >= 0.6 is 11.6 Å². The maximum Gasteiger partial charge on any atom is 0.171 e. The molecule has 2 heterocycles. The molecule has 96 valence electrons. The van der Waals surface area contributed by atoms with E-state index in [1.807, 2.05) is 19.1 Å². The van der Waals surface area contributed by atoms with Crippen LogP contribution in [0.15, 0.2) is 41.1 Å². The molecule has 0 spiro atoms. The zero-order valence-electron chi connectivity index (χ0n) is 10.2. The molecule has 0 aliphatic heterocycles. The van der Waals surface area contributed by atoms with E-state index in [0.717, 1.165) is 10.9 Å². The van der Waals surface area contributed by atoms with Crippen molar-refractivity contribution in [3.8, 4) is 0 Å². The quantitative estimate of drug-likeness (QED) is 0.779. The summed E-state index contributed by atoms with van der Waals surface area (Å²) in [5.41, 5.74) is 1.49. The molecule has 4 nitrogen and oxygen atoms in total. The Morgan fingerprint density at radius 3 is 2.68 bits per heavy atom. The minimum atomic E-state index is -0.996. The molecule has 0 bridgehead atoms. The number of aliphatic hydroxyl groups excluding tert-OH is 1. The number of halogens is 1. The van der Waals surface area contributed by atoms with Crippen LogP contribution < -0.4 is 0 Å². The number of benzene rings is 1. The van der Waals surface area contributed by atoms with Gasteiger partial charge < -0.3 is 9.52 Å². The smallest absolute Gasteiger partial charge is 0.171 e. The molecule has 0 fully saturated rings. The number of fused-ring (bicyclic) bond motifs is 1. The minimum Gasteiger partial charge on any atom is -0.456 e. The van der Waals surface area contributed by atoms with Crippen molar-refractivity contribution < 1.29 is 9.52 Å². The van der Waals surface area contributed by atoms with Gasteiger partial charge in [-0.1, -0.05) is 23.7 Å². The van der Waals surface area contributed by atoms with Gasteiger partial charge in [0.2, 0.25) is 0 Å². The minimum absolute atomic E-state index is 0.306. The van der Waals surface area contributed by atoms with E-state index in [-0.39, 0.29) is 0 Å². The molecule has 0 radical (unpaired) electrons. The van der Waals surface area contributed by atoms with E-state index in [0.29, 0.717) is 22.2 Å². The Morgan fingerprint density at radius 2 is 2.00 bits per heavy atom. The van der Waals surface area contributed by atoms with Crippen LogP contribution in [0.25, 0.3) is 11.0 Å². The number of hydrogen-bond acceptors (Lipinski definition) is 4. The molecule has 1 atom stereocenters. The zero-order chi connectivity index (χ0) is 13.4. The number of aromatic nitrogens is 2. The lowest BCUT2D eigenvalue weighted by atomic mass is 10.2. The van der Waals surface area contributed by atoms with Crippen LogP contribution in [0.2, 0.25) is 5.02 Å². The number of furan rings is 1. The third-order valence-corrected chi connectivity index (χ3v) is 3.13. The molecule has 3 rings (SSSR count). The first kappa shape index (κ1) is 12.1. The molecule has 1 N–H and O–H groups in total. The number of nitrogens with zero attached hydrogens (tertiary/aromatic N) is 2. The molecule has 5 heteroatoms. The molecule has 3 aromatic rings. The topological polar surface area (TPSA) is 59.2 Å². The highest BCUT2D eigenvalue weighted by Crippen LogP contribution is 2.30. The molecule has 1 unspecified atom stereocenters. The molecular formula is C14H11ClN2O2. The summed E-state index contributed by atoms with van der Waals surface area (Å²) in [6.07, 6.45) is 2.31. The largest absolute Gasteiger partial charge is 0.456 e. The molecule has 0 amide bonds. The van der Waals surface area contributed by atoms with Gasteiger partial charge in [0.25, 0.3) is 0 Å². The monoisotopic (exact) mass is 274 g/mol. The average Bonchev–Trinajstić information content (AvgIpc) is 2.84. The van der Waals surface area contributed by atoms with Crippen molar-refractivity contribution in [2.45, 2.75) is 13.0 Å². The lowest BCUT2D eigenvalue weighted by Crippen LogP contribution is -2.04. The van der Waals surface area contributed by atoms with Crippen molar-refractivity contribution in [2.75, 3.05) is 0 Å². The molecule has 0 aliphatic rings. The van der Waals surface area contributed by atoms with Crippen LogP contribution in [0.1, 0.15) is 23.3 Å². The van der Waals surface area contributed by atoms with Crippen LogP contribution in [0.5, 0.6) is 0 Å². The normalized spacial score (nSPS) is 12.8. The summed E-state index contributed by atoms with van der Waals surface area (Å²) in [4.78, 5) is 8.19. The SMILES string of the molecule is Cc1cnc(C(O)c2cc3cccc(Cl)c3o2)nc1. The Hall–Kier alpha value is -1.91. The van der Waals surface area contributed by atoms with E-state index < -0.39 is 6.10 Å². The van der Waals surface area contributed by atoms with Crippen molar-refractivity contribution in [3.05, 3.63) is 58.8 Å². The van der Waals surface area contributed by atoms with Crippen LogP contribution in [0.4, 0.5) is 0 Å². The summed E-state index contributed by atoms with van der Waals surface area (Å²) < 4.78 is 5.58. The van der Waals surface area contributed by atoms with E-state index in [1.165, 1.54) is 0 Å². The second-order valence-electron chi connectivity index (χ2n) is 4.33. The van der Waals surface area contributed by atoms with Gasteiger partial charge in [-0.2, -0.15) is 0 Å². The van der Waals surface area contributed by atoms with Crippen LogP contribution in [-0.2, 0) is 0 Å². The Labute approximate surface area is 114 Å². The van der Waals surface area contributed by atoms with E-state index in [1.54, 1.807) is 24.5 Å². The van der Waals surface area contributed by atoms with Gasteiger partial charge in [0, 0.05) is 17.8 Å². The molecule has 1 aromatic carbocycles. The first-order valence-corrected chi connectivity index (χ1v) is 6.17. The first-order valence-electron chi connectivity index (χ1n) is 5.80. The van der Waals surface area contributed by atoms with Gasteiger partial charge in [-0.15, -0.1) is 0 Å². The fourth-order valence-electron chi connectivity index (χ4n) is 1.85. The maximum atomic E-state index is 10.2. The predicted molar refractivity (Wildman–Crippen MR) is 72.1 cm³/mol. The zero-order valence-corrected chi connectivity index (χ0v) is 10.9. The van der Waals surface area contributed by atoms with E-state index in [4.69, 9.17) is 16.0 Å². The van der Waals surface area contributed by atoms with Gasteiger partial charge in [-0.3, -0.25) is 0 Å². The lowest BCUT2D eigenvalue weighted by Gasteiger charge is -2.05. The van der Waals surface area contributed by atoms with Crippen LogP contribution in [-0.4, -0.2) is 15.1 Å². The van der Waals surface area contributed by atoms with Crippen molar-refractivity contribution in [3.63, 3.8) is 0 Å². The van der Waals surface area contributed by atoms with Crippen molar-refractivity contribution in [1.82, 2.24) is 9.97 Å². The summed E-state index contributed by atoms with van der Waals surface area (Å²) in [6.45, 7) is 1.89. The van der Waals surface area contributed by atoms with E-state index >= 15 is 0 Å². The average molecular weight is 275 g/mol. The second kappa shape index (κ2) is 4.64. The standard InChI is InChI=1S/C14H11ClN2O2/c1-8-6-16-14(17-7-8)12(18)11-5-9-3-2-4-10(15)13(9)19-11/h2-7,12,18H,1H3. The Balaban J connectivity index is 2.04. The summed E-state index contributed by atoms with van der Waals surface area (Å²) in [5, 5.41) is 11.6. The Bertz CT molecular complexity index is 722. The molecule has 0 aliphatic carbocycles. The Morgan fingerprint density at radius 1 is 1.26 bits per heavy atom. The number of para-hydroxylation sites is 1. The first-order chi connectivity index (χ1) is 9.15. The number of hydrogen-bond donors (Lipinski definition) is 1. The highest BCUT2D eigenvalue weighted by molar-refractivity contribution is 6.34. The van der Waals surface area contributed by atoms with Crippen molar-refractivity contribution >= 4 is 22.6 Å². The van der Waals surface area contributed by atoms with E-state index in [2.05, 4.69) is 9.97 Å². The van der Waals surface area contributed by atoms with Crippen molar-refractivity contribution in [1.29, 1.82) is 0 Å². The molecule has 0 saturated heterocycles. The molecule has 0 saturated carbocycles. The van der Waals surface area contributed by atoms with Gasteiger partial charge >= 0.3 is 0 Å². The number of aryl methyl sites for hydroxylation is 1. The van der Waals surface area contributed by atoms with Gasteiger partial charge in [0.1, 0.15) is 5.76 Å². The lowest BCUT2D eigenvalue weighted by molar-refractivity contribution is 0.182. The number of rotatable bonds is 2. The van der Waals surface area contributed by atoms with E-state index in [9.17, 15) is 5.11 Å². The van der Waals surface area contributed by atoms with Gasteiger partial charge in [0.15, 0.2) is 17.5 Å². The summed E-state index contributed by atoms with van der Waals surface area (Å²) in [7, 11) is 0. The van der Waals surface area contributed by atoms with Gasteiger partial charge in [-0.25, -0.2) is 9.97 Å². The summed E-state index contributed by atoms with van der Waals surface area (Å²) >= 11 is 6.04. The highest BCUT2D eigenvalue weighted by atomic mass is 35.5. The van der Waals surface area contributed by atoms with Crippen LogP contribution in [0, 0.1) is 6.92 Å². The second-order valence-corrected chi connectivity index (χ2v) is 4.74. The summed E-state index contributed by atoms with van der Waals surface area (Å²) in [5.74, 6) is 0.688. The van der Waals surface area contributed by atoms with Gasteiger partial charge in [-0.05, 0) is 24.6 Å². The number of aliphatic hydroxyl groups is 1. The maximum absolute atomic E-state index is 10.2. The Kier molecular flexibility index (Phi) is 2.97. The van der Waals surface area contributed by atoms with Crippen molar-refractivity contribution in [2.24, 2.45) is 0 Å².